The van der Waals surface area contributed by atoms with E-state index in [0.717, 1.165) is 0 Å². The molecule has 2 aromatic rings. The third-order valence-electron chi connectivity index (χ3n) is 3.24. The maximum atomic E-state index is 12.6. The van der Waals surface area contributed by atoms with Crippen molar-refractivity contribution in [3.05, 3.63) is 48.5 Å². The molecule has 0 N–H and O–H groups in total. The predicted molar refractivity (Wildman–Crippen MR) is 98.7 cm³/mol. The summed E-state index contributed by atoms with van der Waals surface area (Å²) < 4.78 is 60.4. The molecule has 6 nitrogen and oxygen atoms in total. The standard InChI is InChI=1S/C18H22O6S2/c1-13(2)23-25(19,20)17-11-7-5-9-15(17)16-10-6-8-12-18(16)26(21,22)24-14(3)4/h5-14H,1-4H3. The third-order valence-corrected chi connectivity index (χ3v) is 6.31. The highest BCUT2D eigenvalue weighted by Gasteiger charge is 2.26. The van der Waals surface area contributed by atoms with Gasteiger partial charge in [0.1, 0.15) is 9.79 Å². The van der Waals surface area contributed by atoms with Crippen LogP contribution in [-0.4, -0.2) is 29.0 Å². The lowest BCUT2D eigenvalue weighted by atomic mass is 10.1. The molecule has 0 radical (unpaired) electrons. The first kappa shape index (κ1) is 20.6. The van der Waals surface area contributed by atoms with Gasteiger partial charge >= 0.3 is 0 Å². The zero-order valence-corrected chi connectivity index (χ0v) is 16.7. The molecule has 0 bridgehead atoms. The van der Waals surface area contributed by atoms with Crippen LogP contribution in [0.2, 0.25) is 0 Å². The van der Waals surface area contributed by atoms with Gasteiger partial charge in [0.25, 0.3) is 20.2 Å². The Hall–Kier alpha value is -1.74. The highest BCUT2D eigenvalue weighted by molar-refractivity contribution is 7.87. The Kier molecular flexibility index (Phi) is 6.23. The molecule has 142 valence electrons. The Morgan fingerprint density at radius 1 is 0.615 bits per heavy atom. The molecule has 0 amide bonds. The fourth-order valence-electron chi connectivity index (χ4n) is 2.42. The van der Waals surface area contributed by atoms with Crippen LogP contribution in [-0.2, 0) is 28.6 Å². The van der Waals surface area contributed by atoms with Crippen molar-refractivity contribution in [2.45, 2.75) is 49.7 Å². The van der Waals surface area contributed by atoms with E-state index in [1.165, 1.54) is 12.1 Å². The third kappa shape index (κ3) is 4.70. The van der Waals surface area contributed by atoms with Crippen molar-refractivity contribution in [1.29, 1.82) is 0 Å². The van der Waals surface area contributed by atoms with Gasteiger partial charge in [0.05, 0.1) is 12.2 Å². The van der Waals surface area contributed by atoms with Crippen molar-refractivity contribution >= 4 is 20.2 Å². The summed E-state index contributed by atoms with van der Waals surface area (Å²) in [7, 11) is -8.12. The molecule has 0 aliphatic heterocycles. The van der Waals surface area contributed by atoms with Crippen LogP contribution in [0.1, 0.15) is 27.7 Å². The van der Waals surface area contributed by atoms with Gasteiger partial charge in [0.2, 0.25) is 0 Å². The van der Waals surface area contributed by atoms with Gasteiger partial charge in [0.15, 0.2) is 0 Å². The summed E-state index contributed by atoms with van der Waals surface area (Å²) in [6, 6.07) is 12.2. The van der Waals surface area contributed by atoms with Gasteiger partial charge in [-0.15, -0.1) is 0 Å². The Labute approximate surface area is 155 Å². The van der Waals surface area contributed by atoms with Crippen LogP contribution in [0.3, 0.4) is 0 Å². The minimum absolute atomic E-state index is 0.0964. The van der Waals surface area contributed by atoms with E-state index < -0.39 is 32.4 Å². The SMILES string of the molecule is CC(C)OS(=O)(=O)c1ccccc1-c1ccccc1S(=O)(=O)OC(C)C. The fraction of sp³-hybridized carbons (Fsp3) is 0.333. The lowest BCUT2D eigenvalue weighted by molar-refractivity contribution is 0.247. The normalized spacial score (nSPS) is 12.7. The molecular weight excluding hydrogens is 376 g/mol. The predicted octanol–water partition coefficient (Wildman–Crippen LogP) is 3.58. The topological polar surface area (TPSA) is 86.7 Å². The largest absolute Gasteiger partial charge is 0.297 e. The number of benzene rings is 2. The number of hydrogen-bond acceptors (Lipinski definition) is 6. The van der Waals surface area contributed by atoms with Gasteiger partial charge in [-0.25, -0.2) is 0 Å². The maximum absolute atomic E-state index is 12.6. The summed E-state index contributed by atoms with van der Waals surface area (Å²) in [5.41, 5.74) is 0.472. The van der Waals surface area contributed by atoms with Gasteiger partial charge in [0, 0.05) is 11.1 Å². The summed E-state index contributed by atoms with van der Waals surface area (Å²) in [6.45, 7) is 6.42. The van der Waals surface area contributed by atoms with Crippen LogP contribution < -0.4 is 0 Å². The van der Waals surface area contributed by atoms with Crippen LogP contribution >= 0.6 is 0 Å². The first-order valence-corrected chi connectivity index (χ1v) is 10.9. The van der Waals surface area contributed by atoms with Crippen molar-refractivity contribution in [2.75, 3.05) is 0 Å². The van der Waals surface area contributed by atoms with Crippen LogP contribution in [0.5, 0.6) is 0 Å². The van der Waals surface area contributed by atoms with Crippen molar-refractivity contribution < 1.29 is 25.2 Å². The van der Waals surface area contributed by atoms with Gasteiger partial charge < -0.3 is 0 Å². The zero-order chi connectivity index (χ0) is 19.5. The fourth-order valence-corrected chi connectivity index (χ4v) is 5.03. The van der Waals surface area contributed by atoms with Crippen LogP contribution in [0.4, 0.5) is 0 Å². The van der Waals surface area contributed by atoms with E-state index in [1.807, 2.05) is 0 Å². The monoisotopic (exact) mass is 398 g/mol. The molecule has 0 aliphatic rings. The van der Waals surface area contributed by atoms with Crippen molar-refractivity contribution in [3.8, 4) is 11.1 Å². The summed E-state index contributed by atoms with van der Waals surface area (Å²) in [5.74, 6) is 0. The minimum atomic E-state index is -4.06. The van der Waals surface area contributed by atoms with Crippen LogP contribution in [0.25, 0.3) is 11.1 Å². The molecule has 0 unspecified atom stereocenters. The summed E-state index contributed by atoms with van der Waals surface area (Å²) in [5, 5.41) is 0. The van der Waals surface area contributed by atoms with E-state index in [9.17, 15) is 16.8 Å². The molecule has 8 heteroatoms. The molecule has 0 aliphatic carbocycles. The Morgan fingerprint density at radius 3 is 1.23 bits per heavy atom. The second-order valence-electron chi connectivity index (χ2n) is 6.19. The van der Waals surface area contributed by atoms with E-state index in [2.05, 4.69) is 0 Å². The molecule has 26 heavy (non-hydrogen) atoms. The van der Waals surface area contributed by atoms with Crippen LogP contribution in [0, 0.1) is 0 Å². The van der Waals surface area contributed by atoms with Gasteiger partial charge in [-0.2, -0.15) is 16.8 Å². The molecule has 0 saturated heterocycles. The molecular formula is C18H22O6S2. The highest BCUT2D eigenvalue weighted by Crippen LogP contribution is 2.34. The number of hydrogen-bond donors (Lipinski definition) is 0. The van der Waals surface area contributed by atoms with Crippen LogP contribution in [0.15, 0.2) is 58.3 Å². The second kappa shape index (κ2) is 7.87. The lowest BCUT2D eigenvalue weighted by Gasteiger charge is -2.16. The summed E-state index contributed by atoms with van der Waals surface area (Å²) >= 11 is 0. The smallest absolute Gasteiger partial charge is 0.264 e. The first-order chi connectivity index (χ1) is 12.0. The summed E-state index contributed by atoms with van der Waals surface area (Å²) in [4.78, 5) is -0.193. The van der Waals surface area contributed by atoms with Crippen molar-refractivity contribution in [1.82, 2.24) is 0 Å². The molecule has 2 aromatic carbocycles. The van der Waals surface area contributed by atoms with E-state index in [4.69, 9.17) is 8.37 Å². The van der Waals surface area contributed by atoms with Gasteiger partial charge in [-0.05, 0) is 39.8 Å². The zero-order valence-electron chi connectivity index (χ0n) is 15.0. The van der Waals surface area contributed by atoms with Gasteiger partial charge in [-0.1, -0.05) is 36.4 Å². The molecule has 0 atom stereocenters. The lowest BCUT2D eigenvalue weighted by Crippen LogP contribution is -2.15. The van der Waals surface area contributed by atoms with E-state index in [-0.39, 0.29) is 20.9 Å². The molecule has 0 aromatic heterocycles. The summed E-state index contributed by atoms with van der Waals surface area (Å²) in [6.07, 6.45) is -1.09. The Bertz CT molecular complexity index is 895. The Morgan fingerprint density at radius 2 is 0.923 bits per heavy atom. The molecule has 0 fully saturated rings. The highest BCUT2D eigenvalue weighted by atomic mass is 32.2. The van der Waals surface area contributed by atoms with Crippen molar-refractivity contribution in [3.63, 3.8) is 0 Å². The Balaban J connectivity index is 2.70. The number of rotatable bonds is 7. The quantitative estimate of drug-likeness (QED) is 0.663. The van der Waals surface area contributed by atoms with E-state index in [0.29, 0.717) is 0 Å². The maximum Gasteiger partial charge on any atom is 0.297 e. The average Bonchev–Trinajstić information content (AvgIpc) is 2.52. The second-order valence-corrected chi connectivity index (χ2v) is 9.27. The molecule has 2 rings (SSSR count). The molecule has 0 heterocycles. The average molecular weight is 399 g/mol. The van der Waals surface area contributed by atoms with E-state index in [1.54, 1.807) is 64.1 Å². The van der Waals surface area contributed by atoms with Gasteiger partial charge in [-0.3, -0.25) is 8.37 Å². The van der Waals surface area contributed by atoms with E-state index >= 15 is 0 Å². The minimum Gasteiger partial charge on any atom is -0.264 e. The molecule has 0 saturated carbocycles. The molecule has 0 spiro atoms. The first-order valence-electron chi connectivity index (χ1n) is 8.09. The van der Waals surface area contributed by atoms with Crippen molar-refractivity contribution in [2.24, 2.45) is 0 Å².